The average Bonchev–Trinajstić information content (AvgIpc) is 2.57. The third-order valence-corrected chi connectivity index (χ3v) is 3.26. The Bertz CT molecular complexity index is 642. The molecule has 0 radical (unpaired) electrons. The molecule has 0 saturated carbocycles. The fraction of sp³-hybridized carbons (Fsp3) is 0.333. The molecule has 0 aliphatic rings. The van der Waals surface area contributed by atoms with Crippen molar-refractivity contribution in [1.82, 2.24) is 9.55 Å². The van der Waals surface area contributed by atoms with Crippen LogP contribution in [-0.2, 0) is 11.2 Å². The topological polar surface area (TPSA) is 55.1 Å². The maximum Gasteiger partial charge on any atom is 0.309 e. The second-order valence-electron chi connectivity index (χ2n) is 4.89. The number of benzene rings is 1. The third-order valence-electron chi connectivity index (χ3n) is 3.26. The van der Waals surface area contributed by atoms with Crippen molar-refractivity contribution in [2.75, 3.05) is 0 Å². The molecule has 4 nitrogen and oxygen atoms in total. The van der Waals surface area contributed by atoms with Gasteiger partial charge in [0.15, 0.2) is 0 Å². The Hall–Kier alpha value is -2.10. The summed E-state index contributed by atoms with van der Waals surface area (Å²) >= 11 is 0. The number of hydrogen-bond acceptors (Lipinski definition) is 2. The highest BCUT2D eigenvalue weighted by Crippen LogP contribution is 2.22. The average molecular weight is 258 g/mol. The zero-order valence-electron chi connectivity index (χ0n) is 11.7. The van der Waals surface area contributed by atoms with Crippen molar-refractivity contribution in [1.29, 1.82) is 0 Å². The molecule has 1 aromatic heterocycles. The van der Waals surface area contributed by atoms with E-state index in [9.17, 15) is 4.79 Å². The lowest BCUT2D eigenvalue weighted by atomic mass is 10.1. The van der Waals surface area contributed by atoms with E-state index < -0.39 is 5.97 Å². The summed E-state index contributed by atoms with van der Waals surface area (Å²) in [6.45, 7) is 7.81. The van der Waals surface area contributed by atoms with Gasteiger partial charge in [-0.25, -0.2) is 4.98 Å². The standard InChI is InChI=1S/C15H18N2O2/c1-9-5-6-10(2)13(7-9)17-12(4)16-11(3)14(17)8-15(18)19/h5-7H,8H2,1-4H3,(H,18,19). The second kappa shape index (κ2) is 4.88. The Morgan fingerprint density at radius 1 is 1.26 bits per heavy atom. The quantitative estimate of drug-likeness (QED) is 0.921. The van der Waals surface area contributed by atoms with Crippen LogP contribution < -0.4 is 0 Å². The smallest absolute Gasteiger partial charge is 0.309 e. The molecule has 1 heterocycles. The summed E-state index contributed by atoms with van der Waals surface area (Å²) in [6.07, 6.45) is -0.0138. The molecular formula is C15H18N2O2. The van der Waals surface area contributed by atoms with Crippen LogP contribution in [0, 0.1) is 27.7 Å². The van der Waals surface area contributed by atoms with E-state index in [0.29, 0.717) is 0 Å². The highest BCUT2D eigenvalue weighted by Gasteiger charge is 2.17. The van der Waals surface area contributed by atoms with Crippen molar-refractivity contribution in [3.63, 3.8) is 0 Å². The number of imidazole rings is 1. The van der Waals surface area contributed by atoms with Gasteiger partial charge in [-0.2, -0.15) is 0 Å². The van der Waals surface area contributed by atoms with Gasteiger partial charge in [-0.3, -0.25) is 9.36 Å². The Kier molecular flexibility index (Phi) is 3.42. The van der Waals surface area contributed by atoms with Crippen molar-refractivity contribution in [3.8, 4) is 5.69 Å². The molecule has 0 spiro atoms. The molecule has 2 rings (SSSR count). The minimum absolute atomic E-state index is 0.0138. The van der Waals surface area contributed by atoms with Crippen LogP contribution in [0.1, 0.15) is 28.3 Å². The molecule has 0 aliphatic heterocycles. The van der Waals surface area contributed by atoms with Gasteiger partial charge in [0, 0.05) is 0 Å². The van der Waals surface area contributed by atoms with E-state index in [2.05, 4.69) is 17.1 Å². The van der Waals surface area contributed by atoms with Gasteiger partial charge in [-0.15, -0.1) is 0 Å². The van der Waals surface area contributed by atoms with Crippen LogP contribution in [-0.4, -0.2) is 20.6 Å². The van der Waals surface area contributed by atoms with Crippen LogP contribution in [0.3, 0.4) is 0 Å². The zero-order chi connectivity index (χ0) is 14.2. The summed E-state index contributed by atoms with van der Waals surface area (Å²) in [7, 11) is 0. The van der Waals surface area contributed by atoms with Crippen LogP contribution in [0.4, 0.5) is 0 Å². The predicted molar refractivity (Wildman–Crippen MR) is 73.9 cm³/mol. The number of rotatable bonds is 3. The third kappa shape index (κ3) is 2.52. The highest BCUT2D eigenvalue weighted by molar-refractivity contribution is 5.70. The maximum absolute atomic E-state index is 11.0. The van der Waals surface area contributed by atoms with E-state index in [4.69, 9.17) is 5.11 Å². The number of nitrogens with zero attached hydrogens (tertiary/aromatic N) is 2. The Balaban J connectivity index is 2.67. The first-order valence-corrected chi connectivity index (χ1v) is 6.24. The van der Waals surface area contributed by atoms with Crippen molar-refractivity contribution in [2.45, 2.75) is 34.1 Å². The van der Waals surface area contributed by atoms with E-state index in [1.165, 1.54) is 0 Å². The van der Waals surface area contributed by atoms with E-state index in [-0.39, 0.29) is 6.42 Å². The van der Waals surface area contributed by atoms with E-state index in [0.717, 1.165) is 34.0 Å². The van der Waals surface area contributed by atoms with Crippen LogP contribution in [0.25, 0.3) is 5.69 Å². The van der Waals surface area contributed by atoms with Gasteiger partial charge in [0.05, 0.1) is 23.5 Å². The van der Waals surface area contributed by atoms with Gasteiger partial charge in [0.25, 0.3) is 0 Å². The molecule has 1 aromatic carbocycles. The summed E-state index contributed by atoms with van der Waals surface area (Å²) in [4.78, 5) is 15.4. The molecular weight excluding hydrogens is 240 g/mol. The predicted octanol–water partition coefficient (Wildman–Crippen LogP) is 2.73. The molecule has 0 fully saturated rings. The lowest BCUT2D eigenvalue weighted by Gasteiger charge is -2.13. The van der Waals surface area contributed by atoms with Crippen LogP contribution in [0.2, 0.25) is 0 Å². The lowest BCUT2D eigenvalue weighted by molar-refractivity contribution is -0.136. The fourth-order valence-electron chi connectivity index (χ4n) is 2.34. The van der Waals surface area contributed by atoms with E-state index >= 15 is 0 Å². The van der Waals surface area contributed by atoms with Crippen molar-refractivity contribution < 1.29 is 9.90 Å². The minimum atomic E-state index is -0.838. The Morgan fingerprint density at radius 3 is 2.58 bits per heavy atom. The van der Waals surface area contributed by atoms with Crippen LogP contribution in [0.5, 0.6) is 0 Å². The van der Waals surface area contributed by atoms with Gasteiger partial charge >= 0.3 is 5.97 Å². The van der Waals surface area contributed by atoms with Crippen LogP contribution >= 0.6 is 0 Å². The number of aryl methyl sites for hydroxylation is 4. The number of hydrogen-bond donors (Lipinski definition) is 1. The summed E-state index contributed by atoms with van der Waals surface area (Å²) in [5.74, 6) is -0.0167. The number of aliphatic carboxylic acids is 1. The molecule has 0 unspecified atom stereocenters. The number of carboxylic acid groups (broad SMARTS) is 1. The number of carbonyl (C=O) groups is 1. The van der Waals surface area contributed by atoms with Crippen LogP contribution in [0.15, 0.2) is 18.2 Å². The molecule has 1 N–H and O–H groups in total. The second-order valence-corrected chi connectivity index (χ2v) is 4.89. The Morgan fingerprint density at radius 2 is 1.95 bits per heavy atom. The van der Waals surface area contributed by atoms with Gasteiger partial charge in [0.2, 0.25) is 0 Å². The van der Waals surface area contributed by atoms with E-state index in [1.54, 1.807) is 0 Å². The van der Waals surface area contributed by atoms with E-state index in [1.807, 2.05) is 38.3 Å². The van der Waals surface area contributed by atoms with Gasteiger partial charge < -0.3 is 5.11 Å². The van der Waals surface area contributed by atoms with Crippen molar-refractivity contribution in [3.05, 3.63) is 46.5 Å². The molecule has 4 heteroatoms. The molecule has 0 atom stereocenters. The SMILES string of the molecule is Cc1ccc(C)c(-n2c(C)nc(C)c2CC(=O)O)c1. The van der Waals surface area contributed by atoms with Gasteiger partial charge in [0.1, 0.15) is 5.82 Å². The lowest BCUT2D eigenvalue weighted by Crippen LogP contribution is -2.10. The highest BCUT2D eigenvalue weighted by atomic mass is 16.4. The monoisotopic (exact) mass is 258 g/mol. The molecule has 19 heavy (non-hydrogen) atoms. The molecule has 0 bridgehead atoms. The molecule has 2 aromatic rings. The molecule has 0 amide bonds. The summed E-state index contributed by atoms with van der Waals surface area (Å²) in [5, 5.41) is 9.05. The first-order chi connectivity index (χ1) is 8.90. The first-order valence-electron chi connectivity index (χ1n) is 6.24. The van der Waals surface area contributed by atoms with Crippen molar-refractivity contribution >= 4 is 5.97 Å². The number of aromatic nitrogens is 2. The van der Waals surface area contributed by atoms with Crippen molar-refractivity contribution in [2.24, 2.45) is 0 Å². The maximum atomic E-state index is 11.0. The number of carboxylic acids is 1. The largest absolute Gasteiger partial charge is 0.481 e. The van der Waals surface area contributed by atoms with Gasteiger partial charge in [-0.1, -0.05) is 12.1 Å². The molecule has 100 valence electrons. The fourth-order valence-corrected chi connectivity index (χ4v) is 2.34. The zero-order valence-corrected chi connectivity index (χ0v) is 11.7. The molecule has 0 aliphatic carbocycles. The summed E-state index contributed by atoms with van der Waals surface area (Å²) in [6, 6.07) is 6.16. The van der Waals surface area contributed by atoms with Gasteiger partial charge in [-0.05, 0) is 44.9 Å². The minimum Gasteiger partial charge on any atom is -0.481 e. The molecule has 0 saturated heterocycles. The first kappa shape index (κ1) is 13.3. The summed E-state index contributed by atoms with van der Waals surface area (Å²) < 4.78 is 1.95. The summed E-state index contributed by atoms with van der Waals surface area (Å²) in [5.41, 5.74) is 4.79. The normalized spacial score (nSPS) is 10.7. The Labute approximate surface area is 112 Å².